The van der Waals surface area contributed by atoms with Crippen LogP contribution in [0.1, 0.15) is 63.8 Å². The van der Waals surface area contributed by atoms with Gasteiger partial charge < -0.3 is 0 Å². The number of nitrogens with zero attached hydrogens (tertiary/aromatic N) is 3. The van der Waals surface area contributed by atoms with Crippen LogP contribution in [-0.2, 0) is 10.8 Å². The maximum Gasteiger partial charge on any atom is 0.0702 e. The third-order valence-electron chi connectivity index (χ3n) is 15.0. The number of nitrogens with one attached hydrogen (secondary N) is 1. The van der Waals surface area contributed by atoms with E-state index in [2.05, 4.69) is 217 Å². The summed E-state index contributed by atoms with van der Waals surface area (Å²) < 4.78 is 0. The van der Waals surface area contributed by atoms with Crippen LogP contribution in [0.4, 0.5) is 0 Å². The minimum Gasteiger partial charge on any atom is -0.285 e. The standard InChI is InChI=1S/C60H54N4/c1-38-17-27-56(61-34-38)42-23-19-40(20-24-42)48-13-9-11-15-50(48)44-29-45(51-16-12-10-14-49(51)41-21-25-43(26-22-41)57-28-18-39(2)35-62-57)31-46(30-44)52-32-54-55(33-53(52)47-36-63-64-37-47)59(5,6)60(7,8)58(54,3)4/h9-37H,1-8H3,(H,63,64). The number of hydrogen-bond acceptors (Lipinski definition) is 3. The van der Waals surface area contributed by atoms with Gasteiger partial charge in [0.2, 0.25) is 0 Å². The fourth-order valence-corrected chi connectivity index (χ4v) is 9.95. The summed E-state index contributed by atoms with van der Waals surface area (Å²) in [5.41, 5.74) is 23.1. The Bertz CT molecular complexity index is 3000. The van der Waals surface area contributed by atoms with Gasteiger partial charge in [-0.05, 0) is 156 Å². The zero-order valence-electron chi connectivity index (χ0n) is 38.1. The van der Waals surface area contributed by atoms with E-state index in [1.807, 2.05) is 24.8 Å². The molecule has 9 aromatic rings. The highest BCUT2D eigenvalue weighted by Crippen LogP contribution is 2.63. The van der Waals surface area contributed by atoms with Crippen LogP contribution < -0.4 is 0 Å². The Morgan fingerprint density at radius 2 is 0.734 bits per heavy atom. The molecule has 0 unspecified atom stereocenters. The molecular weight excluding hydrogens is 777 g/mol. The SMILES string of the molecule is Cc1ccc(-c2ccc(-c3ccccc3-c3cc(-c4ccccc4-c4ccc(-c5ccc(C)cn5)cc4)cc(-c4cc5c(cc4-c4cn[nH]c4)C(C)(C)C(C)(C)C5(C)C)c3)cc2)nc1. The van der Waals surface area contributed by atoms with Gasteiger partial charge in [-0.15, -0.1) is 0 Å². The van der Waals surface area contributed by atoms with E-state index >= 15 is 0 Å². The first-order valence-corrected chi connectivity index (χ1v) is 22.4. The van der Waals surface area contributed by atoms with Crippen LogP contribution in [-0.4, -0.2) is 20.2 Å². The molecule has 0 radical (unpaired) electrons. The summed E-state index contributed by atoms with van der Waals surface area (Å²) in [5.74, 6) is 0. The Kier molecular flexibility index (Phi) is 9.94. The largest absolute Gasteiger partial charge is 0.285 e. The predicted octanol–water partition coefficient (Wildman–Crippen LogP) is 15.7. The number of H-pyrrole nitrogens is 1. The lowest BCUT2D eigenvalue weighted by Gasteiger charge is -2.44. The Morgan fingerprint density at radius 1 is 0.359 bits per heavy atom. The number of aromatic nitrogens is 4. The minimum absolute atomic E-state index is 0.00957. The molecular formula is C60H54N4. The van der Waals surface area contributed by atoms with Gasteiger partial charge in [-0.3, -0.25) is 15.1 Å². The second kappa shape index (κ2) is 15.6. The van der Waals surface area contributed by atoms with Crippen LogP contribution in [0.15, 0.2) is 176 Å². The van der Waals surface area contributed by atoms with E-state index in [0.29, 0.717) is 0 Å². The highest BCUT2D eigenvalue weighted by Gasteiger charge is 2.57. The number of aryl methyl sites for hydroxylation is 2. The van der Waals surface area contributed by atoms with Crippen molar-refractivity contribution in [3.8, 4) is 89.3 Å². The van der Waals surface area contributed by atoms with E-state index in [0.717, 1.165) is 67.0 Å². The first-order chi connectivity index (χ1) is 30.8. The molecule has 0 fully saturated rings. The first kappa shape index (κ1) is 40.9. The summed E-state index contributed by atoms with van der Waals surface area (Å²) in [4.78, 5) is 9.41. The molecule has 0 aliphatic heterocycles. The molecule has 0 amide bonds. The molecule has 4 nitrogen and oxygen atoms in total. The number of fused-ring (bicyclic) bond motifs is 1. The molecule has 1 aliphatic carbocycles. The zero-order chi connectivity index (χ0) is 44.4. The van der Waals surface area contributed by atoms with Gasteiger partial charge in [0.05, 0.1) is 17.6 Å². The number of benzene rings is 6. The second-order valence-electron chi connectivity index (χ2n) is 19.3. The average Bonchev–Trinajstić information content (AvgIpc) is 3.89. The Morgan fingerprint density at radius 3 is 1.11 bits per heavy atom. The van der Waals surface area contributed by atoms with Crippen LogP contribution in [0, 0.1) is 19.3 Å². The lowest BCUT2D eigenvalue weighted by atomic mass is 9.59. The van der Waals surface area contributed by atoms with Gasteiger partial charge in [0.1, 0.15) is 0 Å². The van der Waals surface area contributed by atoms with Crippen molar-refractivity contribution in [2.45, 2.75) is 66.2 Å². The number of hydrogen-bond donors (Lipinski definition) is 1. The molecule has 64 heavy (non-hydrogen) atoms. The maximum atomic E-state index is 4.71. The Balaban J connectivity index is 1.18. The number of aromatic amines is 1. The minimum atomic E-state index is -0.0737. The zero-order valence-corrected chi connectivity index (χ0v) is 38.1. The van der Waals surface area contributed by atoms with Crippen LogP contribution in [0.5, 0.6) is 0 Å². The molecule has 10 rings (SSSR count). The van der Waals surface area contributed by atoms with Gasteiger partial charge >= 0.3 is 0 Å². The molecule has 0 bridgehead atoms. The van der Waals surface area contributed by atoms with Crippen LogP contribution in [0.2, 0.25) is 0 Å². The topological polar surface area (TPSA) is 54.5 Å². The molecule has 314 valence electrons. The summed E-state index contributed by atoms with van der Waals surface area (Å²) in [6.07, 6.45) is 7.86. The van der Waals surface area contributed by atoms with Crippen molar-refractivity contribution < 1.29 is 0 Å². The summed E-state index contributed by atoms with van der Waals surface area (Å²) >= 11 is 0. The van der Waals surface area contributed by atoms with E-state index in [-0.39, 0.29) is 16.2 Å². The third kappa shape index (κ3) is 6.89. The molecule has 3 heterocycles. The van der Waals surface area contributed by atoms with E-state index in [9.17, 15) is 0 Å². The highest BCUT2D eigenvalue weighted by molar-refractivity contribution is 5.95. The summed E-state index contributed by atoms with van der Waals surface area (Å²) in [7, 11) is 0. The van der Waals surface area contributed by atoms with E-state index in [1.165, 1.54) is 44.5 Å². The van der Waals surface area contributed by atoms with Crippen molar-refractivity contribution in [2.75, 3.05) is 0 Å². The summed E-state index contributed by atoms with van der Waals surface area (Å²) in [6, 6.07) is 55.9. The first-order valence-electron chi connectivity index (χ1n) is 22.4. The highest BCUT2D eigenvalue weighted by atomic mass is 15.1. The monoisotopic (exact) mass is 830 g/mol. The molecule has 3 aromatic heterocycles. The molecule has 0 saturated heterocycles. The van der Waals surface area contributed by atoms with Gasteiger partial charge in [0.15, 0.2) is 0 Å². The van der Waals surface area contributed by atoms with Crippen LogP contribution in [0.25, 0.3) is 89.3 Å². The van der Waals surface area contributed by atoms with Gasteiger partial charge in [-0.25, -0.2) is 0 Å². The van der Waals surface area contributed by atoms with Crippen molar-refractivity contribution in [1.82, 2.24) is 20.2 Å². The summed E-state index contributed by atoms with van der Waals surface area (Å²) in [6.45, 7) is 18.7. The average molecular weight is 831 g/mol. The molecule has 6 aromatic carbocycles. The van der Waals surface area contributed by atoms with Gasteiger partial charge in [-0.2, -0.15) is 5.10 Å². The molecule has 1 aliphatic rings. The van der Waals surface area contributed by atoms with Crippen molar-refractivity contribution >= 4 is 0 Å². The fraction of sp³-hybridized carbons (Fsp3) is 0.183. The van der Waals surface area contributed by atoms with Gasteiger partial charge in [-0.1, -0.05) is 151 Å². The van der Waals surface area contributed by atoms with Gasteiger partial charge in [0.25, 0.3) is 0 Å². The van der Waals surface area contributed by atoms with E-state index < -0.39 is 0 Å². The lowest BCUT2D eigenvalue weighted by molar-refractivity contribution is 0.125. The van der Waals surface area contributed by atoms with Crippen LogP contribution in [0.3, 0.4) is 0 Å². The second-order valence-corrected chi connectivity index (χ2v) is 19.3. The molecule has 0 atom stereocenters. The fourth-order valence-electron chi connectivity index (χ4n) is 9.95. The molecule has 0 saturated carbocycles. The van der Waals surface area contributed by atoms with Crippen molar-refractivity contribution in [1.29, 1.82) is 0 Å². The normalized spacial score (nSPS) is 14.6. The Hall–Kier alpha value is -7.17. The van der Waals surface area contributed by atoms with Crippen molar-refractivity contribution in [3.63, 3.8) is 0 Å². The summed E-state index contributed by atoms with van der Waals surface area (Å²) in [5, 5.41) is 7.60. The molecule has 1 N–H and O–H groups in total. The number of pyridine rings is 2. The quantitative estimate of drug-likeness (QED) is 0.166. The van der Waals surface area contributed by atoms with E-state index in [4.69, 9.17) is 9.97 Å². The van der Waals surface area contributed by atoms with Crippen LogP contribution >= 0.6 is 0 Å². The molecule has 0 spiro atoms. The van der Waals surface area contributed by atoms with Gasteiger partial charge in [0, 0.05) is 35.3 Å². The maximum absolute atomic E-state index is 4.71. The molecule has 4 heteroatoms. The lowest BCUT2D eigenvalue weighted by Crippen LogP contribution is -2.42. The number of rotatable bonds is 8. The Labute approximate surface area is 378 Å². The van der Waals surface area contributed by atoms with Crippen molar-refractivity contribution in [3.05, 3.63) is 199 Å². The third-order valence-corrected chi connectivity index (χ3v) is 15.0. The van der Waals surface area contributed by atoms with E-state index in [1.54, 1.807) is 0 Å². The van der Waals surface area contributed by atoms with Crippen molar-refractivity contribution in [2.24, 2.45) is 5.41 Å². The predicted molar refractivity (Wildman–Crippen MR) is 267 cm³/mol. The smallest absolute Gasteiger partial charge is 0.0702 e.